The highest BCUT2D eigenvalue weighted by Gasteiger charge is 2.22. The minimum absolute atomic E-state index is 0.496. The zero-order valence-electron chi connectivity index (χ0n) is 17.7. The zero-order chi connectivity index (χ0) is 19.6. The first-order valence-electron chi connectivity index (χ1n) is 10.2. The molecule has 6 nitrogen and oxygen atoms in total. The Labute approximate surface area is 165 Å². The summed E-state index contributed by atoms with van der Waals surface area (Å²) in [5.41, 5.74) is 2.34. The largest absolute Gasteiger partial charge is 0.493 e. The van der Waals surface area contributed by atoms with Gasteiger partial charge in [0, 0.05) is 44.3 Å². The van der Waals surface area contributed by atoms with E-state index in [1.807, 2.05) is 0 Å². The number of aryl methyl sites for hydroxylation is 1. The van der Waals surface area contributed by atoms with E-state index in [4.69, 9.17) is 9.73 Å². The summed E-state index contributed by atoms with van der Waals surface area (Å²) in [5, 5.41) is 6.87. The summed E-state index contributed by atoms with van der Waals surface area (Å²) in [7, 11) is 4.39. The summed E-state index contributed by atoms with van der Waals surface area (Å²) in [6.45, 7) is 12.7. The number of benzene rings is 1. The second-order valence-electron chi connectivity index (χ2n) is 7.43. The van der Waals surface area contributed by atoms with Crippen molar-refractivity contribution in [2.45, 2.75) is 39.8 Å². The van der Waals surface area contributed by atoms with Crippen LogP contribution in [-0.2, 0) is 6.54 Å². The van der Waals surface area contributed by atoms with Gasteiger partial charge in [-0.25, -0.2) is 4.99 Å². The highest BCUT2D eigenvalue weighted by molar-refractivity contribution is 5.79. The minimum Gasteiger partial charge on any atom is -0.493 e. The smallest absolute Gasteiger partial charge is 0.191 e. The number of guanidine groups is 1. The predicted molar refractivity (Wildman–Crippen MR) is 114 cm³/mol. The number of piperazine rings is 1. The predicted octanol–water partition coefficient (Wildman–Crippen LogP) is 2.08. The Hall–Kier alpha value is -1.79. The SMILES string of the molecule is CCCOc1cc(C)ccc1CN=C(NCC)NCC1CN(C)CCN1C. The van der Waals surface area contributed by atoms with Crippen LogP contribution in [-0.4, -0.2) is 75.2 Å². The van der Waals surface area contributed by atoms with E-state index in [0.717, 1.165) is 63.0 Å². The Morgan fingerprint density at radius 3 is 2.78 bits per heavy atom. The fourth-order valence-electron chi connectivity index (χ4n) is 3.18. The first-order chi connectivity index (χ1) is 13.0. The fourth-order valence-corrected chi connectivity index (χ4v) is 3.18. The van der Waals surface area contributed by atoms with Gasteiger partial charge in [0.1, 0.15) is 5.75 Å². The fraction of sp³-hybridized carbons (Fsp3) is 0.667. The van der Waals surface area contributed by atoms with Crippen molar-refractivity contribution in [2.24, 2.45) is 4.99 Å². The normalized spacial score (nSPS) is 19.1. The van der Waals surface area contributed by atoms with Crippen molar-refractivity contribution in [2.75, 3.05) is 53.4 Å². The van der Waals surface area contributed by atoms with Crippen LogP contribution in [0.1, 0.15) is 31.4 Å². The highest BCUT2D eigenvalue weighted by atomic mass is 16.5. The lowest BCUT2D eigenvalue weighted by Gasteiger charge is -2.37. The standard InChI is InChI=1S/C21H37N5O/c1-6-12-27-20-13-17(3)8-9-18(20)14-23-21(22-7-2)24-15-19-16-25(4)10-11-26(19)5/h8-9,13,19H,6-7,10-12,14-16H2,1-5H3,(H2,22,23,24). The van der Waals surface area contributed by atoms with Gasteiger partial charge < -0.3 is 20.3 Å². The Bertz CT molecular complexity index is 604. The molecule has 0 aromatic heterocycles. The Kier molecular flexibility index (Phi) is 8.88. The van der Waals surface area contributed by atoms with Crippen molar-refractivity contribution >= 4 is 5.96 Å². The monoisotopic (exact) mass is 375 g/mol. The molecule has 1 aromatic rings. The van der Waals surface area contributed by atoms with Crippen molar-refractivity contribution in [1.82, 2.24) is 20.4 Å². The first-order valence-corrected chi connectivity index (χ1v) is 10.2. The molecule has 2 rings (SSSR count). The summed E-state index contributed by atoms with van der Waals surface area (Å²) in [6, 6.07) is 6.84. The second kappa shape index (κ2) is 11.1. The molecule has 1 aromatic carbocycles. The van der Waals surface area contributed by atoms with E-state index in [1.165, 1.54) is 5.56 Å². The molecule has 27 heavy (non-hydrogen) atoms. The summed E-state index contributed by atoms with van der Waals surface area (Å²) in [6.07, 6.45) is 1.00. The molecular weight excluding hydrogens is 338 g/mol. The second-order valence-corrected chi connectivity index (χ2v) is 7.43. The van der Waals surface area contributed by atoms with Gasteiger partial charge in [-0.2, -0.15) is 0 Å². The van der Waals surface area contributed by atoms with Gasteiger partial charge in [0.25, 0.3) is 0 Å². The summed E-state index contributed by atoms with van der Waals surface area (Å²) >= 11 is 0. The Balaban J connectivity index is 2.00. The van der Waals surface area contributed by atoms with Gasteiger partial charge in [-0.3, -0.25) is 4.90 Å². The maximum absolute atomic E-state index is 5.92. The molecule has 0 radical (unpaired) electrons. The lowest BCUT2D eigenvalue weighted by Crippen LogP contribution is -2.55. The third-order valence-electron chi connectivity index (χ3n) is 4.92. The van der Waals surface area contributed by atoms with Gasteiger partial charge in [-0.1, -0.05) is 19.1 Å². The molecule has 1 unspecified atom stereocenters. The number of nitrogens with one attached hydrogen (secondary N) is 2. The molecule has 0 saturated carbocycles. The topological polar surface area (TPSA) is 52.1 Å². The van der Waals surface area contributed by atoms with Crippen molar-refractivity contribution in [3.63, 3.8) is 0 Å². The van der Waals surface area contributed by atoms with Crippen LogP contribution in [0.4, 0.5) is 0 Å². The van der Waals surface area contributed by atoms with Crippen LogP contribution in [0.25, 0.3) is 0 Å². The molecule has 0 amide bonds. The molecular formula is C21H37N5O. The molecule has 0 bridgehead atoms. The van der Waals surface area contributed by atoms with E-state index in [1.54, 1.807) is 0 Å². The van der Waals surface area contributed by atoms with E-state index in [9.17, 15) is 0 Å². The summed E-state index contributed by atoms with van der Waals surface area (Å²) in [5.74, 6) is 1.81. The van der Waals surface area contributed by atoms with E-state index in [-0.39, 0.29) is 0 Å². The Morgan fingerprint density at radius 2 is 2.04 bits per heavy atom. The molecule has 0 spiro atoms. The van der Waals surface area contributed by atoms with Crippen LogP contribution in [0.2, 0.25) is 0 Å². The number of hydrogen-bond acceptors (Lipinski definition) is 4. The quantitative estimate of drug-likeness (QED) is 0.538. The van der Waals surface area contributed by atoms with Gasteiger partial charge in [-0.05, 0) is 46.0 Å². The first kappa shape index (κ1) is 21.5. The molecule has 1 saturated heterocycles. The van der Waals surface area contributed by atoms with Gasteiger partial charge in [-0.15, -0.1) is 0 Å². The molecule has 1 aliphatic rings. The number of aliphatic imine (C=N–C) groups is 1. The van der Waals surface area contributed by atoms with Crippen LogP contribution in [0.15, 0.2) is 23.2 Å². The Morgan fingerprint density at radius 1 is 1.22 bits per heavy atom. The number of likely N-dealkylation sites (N-methyl/N-ethyl adjacent to an activating group) is 2. The highest BCUT2D eigenvalue weighted by Crippen LogP contribution is 2.21. The van der Waals surface area contributed by atoms with Crippen LogP contribution >= 0.6 is 0 Å². The van der Waals surface area contributed by atoms with Gasteiger partial charge in [0.15, 0.2) is 5.96 Å². The lowest BCUT2D eigenvalue weighted by atomic mass is 10.1. The number of ether oxygens (including phenoxy) is 1. The van der Waals surface area contributed by atoms with Gasteiger partial charge in [0.05, 0.1) is 13.2 Å². The minimum atomic E-state index is 0.496. The van der Waals surface area contributed by atoms with Crippen LogP contribution in [0, 0.1) is 6.92 Å². The summed E-state index contributed by atoms with van der Waals surface area (Å²) in [4.78, 5) is 9.61. The van der Waals surface area contributed by atoms with Crippen molar-refractivity contribution < 1.29 is 4.74 Å². The third-order valence-corrected chi connectivity index (χ3v) is 4.92. The average Bonchev–Trinajstić information content (AvgIpc) is 2.65. The molecule has 0 aliphatic carbocycles. The molecule has 2 N–H and O–H groups in total. The van der Waals surface area contributed by atoms with Gasteiger partial charge >= 0.3 is 0 Å². The van der Waals surface area contributed by atoms with Gasteiger partial charge in [0.2, 0.25) is 0 Å². The molecule has 1 heterocycles. The molecule has 1 aliphatic heterocycles. The van der Waals surface area contributed by atoms with Crippen molar-refractivity contribution in [3.05, 3.63) is 29.3 Å². The molecule has 1 fully saturated rings. The third kappa shape index (κ3) is 7.03. The maximum atomic E-state index is 5.92. The summed E-state index contributed by atoms with van der Waals surface area (Å²) < 4.78 is 5.92. The van der Waals surface area contributed by atoms with E-state index in [2.05, 4.69) is 73.5 Å². The number of rotatable bonds is 8. The molecule has 6 heteroatoms. The number of hydrogen-bond donors (Lipinski definition) is 2. The van der Waals surface area contributed by atoms with E-state index in [0.29, 0.717) is 12.6 Å². The van der Waals surface area contributed by atoms with Crippen LogP contribution in [0.5, 0.6) is 5.75 Å². The number of nitrogens with zero attached hydrogens (tertiary/aromatic N) is 3. The zero-order valence-corrected chi connectivity index (χ0v) is 17.7. The molecule has 1 atom stereocenters. The van der Waals surface area contributed by atoms with Crippen LogP contribution < -0.4 is 15.4 Å². The van der Waals surface area contributed by atoms with Crippen LogP contribution in [0.3, 0.4) is 0 Å². The lowest BCUT2D eigenvalue weighted by molar-refractivity contribution is 0.116. The maximum Gasteiger partial charge on any atom is 0.191 e. The van der Waals surface area contributed by atoms with E-state index < -0.39 is 0 Å². The average molecular weight is 376 g/mol. The van der Waals surface area contributed by atoms with Crippen molar-refractivity contribution in [3.8, 4) is 5.75 Å². The van der Waals surface area contributed by atoms with Crippen molar-refractivity contribution in [1.29, 1.82) is 0 Å². The molecule has 152 valence electrons. The van der Waals surface area contributed by atoms with E-state index >= 15 is 0 Å².